The quantitative estimate of drug-likeness (QED) is 0.762. The van der Waals surface area contributed by atoms with Gasteiger partial charge in [-0.1, -0.05) is 42.5 Å². The smallest absolute Gasteiger partial charge is 0.344 e. The minimum atomic E-state index is -0.829. The molecule has 3 rings (SSSR count). The van der Waals surface area contributed by atoms with Crippen LogP contribution in [0.5, 0.6) is 5.75 Å². The second-order valence-electron chi connectivity index (χ2n) is 6.92. The number of fused-ring (bicyclic) bond motifs is 1. The summed E-state index contributed by atoms with van der Waals surface area (Å²) in [6, 6.07) is 13.9. The van der Waals surface area contributed by atoms with Crippen molar-refractivity contribution in [2.24, 2.45) is 0 Å². The van der Waals surface area contributed by atoms with Crippen molar-refractivity contribution in [3.05, 3.63) is 64.7 Å². The number of hydrogen-bond donors (Lipinski definition) is 0. The summed E-state index contributed by atoms with van der Waals surface area (Å²) in [6.07, 6.45) is -0.0116. The van der Waals surface area contributed by atoms with Crippen molar-refractivity contribution >= 4 is 11.9 Å². The SMILES string of the molecule is Cc1cccc(C)c1OCC(=O)OC(C)C(=O)N1CCc2ccccc2C1. The third-order valence-corrected chi connectivity index (χ3v) is 4.84. The van der Waals surface area contributed by atoms with Gasteiger partial charge < -0.3 is 14.4 Å². The topological polar surface area (TPSA) is 55.8 Å². The Morgan fingerprint density at radius 1 is 1.04 bits per heavy atom. The molecule has 0 radical (unpaired) electrons. The lowest BCUT2D eigenvalue weighted by molar-refractivity contribution is -0.161. The number of para-hydroxylation sites is 1. The van der Waals surface area contributed by atoms with Crippen LogP contribution in [-0.4, -0.2) is 36.0 Å². The highest BCUT2D eigenvalue weighted by molar-refractivity contribution is 5.84. The number of benzene rings is 2. The number of rotatable bonds is 5. The first-order valence-electron chi connectivity index (χ1n) is 9.19. The highest BCUT2D eigenvalue weighted by Crippen LogP contribution is 2.22. The van der Waals surface area contributed by atoms with Gasteiger partial charge in [0.1, 0.15) is 5.75 Å². The Bertz CT molecular complexity index is 826. The van der Waals surface area contributed by atoms with Crippen molar-refractivity contribution in [3.8, 4) is 5.75 Å². The van der Waals surface area contributed by atoms with E-state index in [4.69, 9.17) is 9.47 Å². The van der Waals surface area contributed by atoms with Gasteiger partial charge in [-0.25, -0.2) is 4.79 Å². The molecule has 0 aliphatic carbocycles. The molecule has 27 heavy (non-hydrogen) atoms. The first kappa shape index (κ1) is 19.0. The van der Waals surface area contributed by atoms with E-state index in [1.54, 1.807) is 11.8 Å². The number of esters is 1. The van der Waals surface area contributed by atoms with Crippen LogP contribution in [-0.2, 0) is 27.3 Å². The molecule has 0 spiro atoms. The lowest BCUT2D eigenvalue weighted by Crippen LogP contribution is -2.43. The average molecular weight is 367 g/mol. The maximum Gasteiger partial charge on any atom is 0.344 e. The zero-order valence-corrected chi connectivity index (χ0v) is 16.0. The number of carbonyl (C=O) groups is 2. The molecule has 1 amide bonds. The molecule has 2 aromatic rings. The summed E-state index contributed by atoms with van der Waals surface area (Å²) in [5.74, 6) is -0.0399. The van der Waals surface area contributed by atoms with Gasteiger partial charge in [0.25, 0.3) is 5.91 Å². The van der Waals surface area contributed by atoms with Gasteiger partial charge >= 0.3 is 5.97 Å². The molecule has 0 saturated carbocycles. The van der Waals surface area contributed by atoms with Crippen LogP contribution in [0, 0.1) is 13.8 Å². The van der Waals surface area contributed by atoms with Gasteiger partial charge in [0.15, 0.2) is 12.7 Å². The average Bonchev–Trinajstić information content (AvgIpc) is 2.66. The van der Waals surface area contributed by atoms with Crippen LogP contribution in [0.3, 0.4) is 0 Å². The van der Waals surface area contributed by atoms with Crippen molar-refractivity contribution in [3.63, 3.8) is 0 Å². The van der Waals surface area contributed by atoms with Crippen molar-refractivity contribution in [1.29, 1.82) is 0 Å². The zero-order chi connectivity index (χ0) is 19.4. The van der Waals surface area contributed by atoms with E-state index in [-0.39, 0.29) is 12.5 Å². The van der Waals surface area contributed by atoms with Crippen LogP contribution in [0.1, 0.15) is 29.2 Å². The Morgan fingerprint density at radius 3 is 2.41 bits per heavy atom. The Balaban J connectivity index is 1.53. The van der Waals surface area contributed by atoms with E-state index in [2.05, 4.69) is 6.07 Å². The highest BCUT2D eigenvalue weighted by atomic mass is 16.6. The van der Waals surface area contributed by atoms with Crippen LogP contribution >= 0.6 is 0 Å². The second-order valence-corrected chi connectivity index (χ2v) is 6.92. The molecular weight excluding hydrogens is 342 g/mol. The Hall–Kier alpha value is -2.82. The lowest BCUT2D eigenvalue weighted by atomic mass is 9.99. The van der Waals surface area contributed by atoms with E-state index in [1.165, 1.54) is 5.56 Å². The maximum absolute atomic E-state index is 12.6. The van der Waals surface area contributed by atoms with Crippen LogP contribution in [0.2, 0.25) is 0 Å². The predicted molar refractivity (Wildman–Crippen MR) is 103 cm³/mol. The van der Waals surface area contributed by atoms with Crippen LogP contribution in [0.25, 0.3) is 0 Å². The van der Waals surface area contributed by atoms with Gasteiger partial charge in [0, 0.05) is 13.1 Å². The number of hydrogen-bond acceptors (Lipinski definition) is 4. The Morgan fingerprint density at radius 2 is 1.70 bits per heavy atom. The summed E-state index contributed by atoms with van der Waals surface area (Å²) >= 11 is 0. The molecule has 1 aliphatic rings. The third kappa shape index (κ3) is 4.48. The fourth-order valence-corrected chi connectivity index (χ4v) is 3.38. The van der Waals surface area contributed by atoms with Crippen molar-refractivity contribution in [1.82, 2.24) is 4.90 Å². The lowest BCUT2D eigenvalue weighted by Gasteiger charge is -2.30. The van der Waals surface area contributed by atoms with Gasteiger partial charge in [-0.05, 0) is 49.4 Å². The van der Waals surface area contributed by atoms with E-state index in [9.17, 15) is 9.59 Å². The molecule has 1 unspecified atom stereocenters. The molecule has 2 aromatic carbocycles. The third-order valence-electron chi connectivity index (χ3n) is 4.84. The van der Waals surface area contributed by atoms with Crippen LogP contribution in [0.4, 0.5) is 0 Å². The fourth-order valence-electron chi connectivity index (χ4n) is 3.38. The first-order chi connectivity index (χ1) is 13.0. The summed E-state index contributed by atoms with van der Waals surface area (Å²) in [4.78, 5) is 26.5. The summed E-state index contributed by atoms with van der Waals surface area (Å²) < 4.78 is 10.9. The van der Waals surface area contributed by atoms with Crippen molar-refractivity contribution in [2.75, 3.05) is 13.2 Å². The molecular formula is C22H25NO4. The molecule has 0 saturated heterocycles. The molecule has 0 fully saturated rings. The zero-order valence-electron chi connectivity index (χ0n) is 16.0. The predicted octanol–water partition coefficient (Wildman–Crippen LogP) is 3.20. The van der Waals surface area contributed by atoms with Crippen molar-refractivity contribution in [2.45, 2.75) is 39.8 Å². The van der Waals surface area contributed by atoms with Crippen LogP contribution < -0.4 is 4.74 Å². The molecule has 1 heterocycles. The Kier molecular flexibility index (Phi) is 5.79. The minimum absolute atomic E-state index is 0.176. The number of carbonyl (C=O) groups excluding carboxylic acids is 2. The summed E-state index contributed by atoms with van der Waals surface area (Å²) in [5, 5.41) is 0. The maximum atomic E-state index is 12.6. The molecule has 1 aliphatic heterocycles. The van der Waals surface area contributed by atoms with E-state index in [1.807, 2.05) is 50.2 Å². The van der Waals surface area contributed by atoms with Gasteiger partial charge in [0.2, 0.25) is 0 Å². The Labute approximate surface area is 159 Å². The van der Waals surface area contributed by atoms with E-state index in [0.717, 1.165) is 23.1 Å². The molecule has 142 valence electrons. The number of amides is 1. The minimum Gasteiger partial charge on any atom is -0.481 e. The summed E-state index contributed by atoms with van der Waals surface area (Å²) in [7, 11) is 0. The highest BCUT2D eigenvalue weighted by Gasteiger charge is 2.27. The van der Waals surface area contributed by atoms with Crippen LogP contribution in [0.15, 0.2) is 42.5 Å². The van der Waals surface area contributed by atoms with Gasteiger partial charge in [-0.3, -0.25) is 4.79 Å². The van der Waals surface area contributed by atoms with Gasteiger partial charge in [0.05, 0.1) is 0 Å². The van der Waals surface area contributed by atoms with Gasteiger partial charge in [-0.15, -0.1) is 0 Å². The van der Waals surface area contributed by atoms with E-state index in [0.29, 0.717) is 18.8 Å². The molecule has 1 atom stereocenters. The number of ether oxygens (including phenoxy) is 2. The fraction of sp³-hybridized carbons (Fsp3) is 0.364. The van der Waals surface area contributed by atoms with Crippen molar-refractivity contribution < 1.29 is 19.1 Å². The molecule has 0 N–H and O–H groups in total. The largest absolute Gasteiger partial charge is 0.481 e. The molecule has 5 heteroatoms. The monoisotopic (exact) mass is 367 g/mol. The number of aryl methyl sites for hydroxylation is 2. The standard InChI is InChI=1S/C22H25NO4/c1-15-7-6-8-16(2)21(15)26-14-20(24)27-17(3)22(25)23-12-11-18-9-4-5-10-19(18)13-23/h4-10,17H,11-14H2,1-3H3. The molecule has 0 aromatic heterocycles. The normalized spacial score (nSPS) is 14.3. The summed E-state index contributed by atoms with van der Waals surface area (Å²) in [5.41, 5.74) is 4.33. The van der Waals surface area contributed by atoms with Gasteiger partial charge in [-0.2, -0.15) is 0 Å². The van der Waals surface area contributed by atoms with E-state index >= 15 is 0 Å². The molecule has 5 nitrogen and oxygen atoms in total. The summed E-state index contributed by atoms with van der Waals surface area (Å²) in [6.45, 7) is 6.43. The number of nitrogens with zero attached hydrogens (tertiary/aromatic N) is 1. The second kappa shape index (κ2) is 8.25. The molecule has 0 bridgehead atoms. The first-order valence-corrected chi connectivity index (χ1v) is 9.19. The van der Waals surface area contributed by atoms with E-state index < -0.39 is 12.1 Å².